The molecule has 17 heavy (non-hydrogen) atoms. The predicted molar refractivity (Wildman–Crippen MR) is 67.9 cm³/mol. The van der Waals surface area contributed by atoms with Crippen LogP contribution in [0.5, 0.6) is 0 Å². The predicted octanol–water partition coefficient (Wildman–Crippen LogP) is 3.31. The van der Waals surface area contributed by atoms with Gasteiger partial charge in [-0.15, -0.1) is 0 Å². The van der Waals surface area contributed by atoms with E-state index in [0.29, 0.717) is 5.57 Å². The maximum Gasteiger partial charge on any atom is 0.224 e. The largest absolute Gasteiger partial charge is 0.504 e. The standard InChI is InChI=1S/C15H16O2/c1-4-12-14(17)13(16)10(2)15(12,3)11-8-6-5-7-9-11/h4-9,16H,1-3H3/b12-4+. The van der Waals surface area contributed by atoms with Crippen molar-refractivity contribution in [3.63, 3.8) is 0 Å². The number of benzene rings is 1. The van der Waals surface area contributed by atoms with Crippen molar-refractivity contribution in [2.45, 2.75) is 26.2 Å². The lowest BCUT2D eigenvalue weighted by molar-refractivity contribution is -0.114. The Morgan fingerprint density at radius 2 is 1.82 bits per heavy atom. The number of hydrogen-bond donors (Lipinski definition) is 1. The quantitative estimate of drug-likeness (QED) is 0.749. The maximum atomic E-state index is 12.0. The Morgan fingerprint density at radius 1 is 1.24 bits per heavy atom. The zero-order chi connectivity index (χ0) is 12.6. The molecule has 0 aromatic heterocycles. The first-order valence-corrected chi connectivity index (χ1v) is 5.70. The van der Waals surface area contributed by atoms with E-state index in [2.05, 4.69) is 0 Å². The molecule has 2 nitrogen and oxygen atoms in total. The molecule has 1 aromatic carbocycles. The van der Waals surface area contributed by atoms with Crippen LogP contribution in [-0.4, -0.2) is 10.9 Å². The fourth-order valence-electron chi connectivity index (χ4n) is 2.53. The van der Waals surface area contributed by atoms with E-state index in [1.165, 1.54) is 0 Å². The van der Waals surface area contributed by atoms with Crippen LogP contribution in [0, 0.1) is 0 Å². The molecule has 0 amide bonds. The van der Waals surface area contributed by atoms with Gasteiger partial charge in [-0.3, -0.25) is 4.79 Å². The first kappa shape index (κ1) is 11.6. The van der Waals surface area contributed by atoms with Crippen LogP contribution in [0.25, 0.3) is 0 Å². The molecular weight excluding hydrogens is 212 g/mol. The van der Waals surface area contributed by atoms with Gasteiger partial charge in [0.05, 0.1) is 0 Å². The summed E-state index contributed by atoms with van der Waals surface area (Å²) in [5.74, 6) is -0.360. The fourth-order valence-corrected chi connectivity index (χ4v) is 2.53. The lowest BCUT2D eigenvalue weighted by Crippen LogP contribution is -2.24. The molecule has 1 aliphatic rings. The van der Waals surface area contributed by atoms with Gasteiger partial charge in [-0.2, -0.15) is 0 Å². The van der Waals surface area contributed by atoms with Crippen LogP contribution in [0.2, 0.25) is 0 Å². The van der Waals surface area contributed by atoms with Gasteiger partial charge < -0.3 is 5.11 Å². The van der Waals surface area contributed by atoms with Crippen LogP contribution < -0.4 is 0 Å². The summed E-state index contributed by atoms with van der Waals surface area (Å²) < 4.78 is 0. The molecule has 0 aliphatic heterocycles. The number of carbonyl (C=O) groups excluding carboxylic acids is 1. The molecule has 1 aromatic rings. The minimum atomic E-state index is -0.503. The summed E-state index contributed by atoms with van der Waals surface area (Å²) in [6, 6.07) is 9.80. The SMILES string of the molecule is C/C=C1\C(=O)C(O)=C(C)C1(C)c1ccccc1. The van der Waals surface area contributed by atoms with Gasteiger partial charge in [0.2, 0.25) is 5.78 Å². The van der Waals surface area contributed by atoms with Gasteiger partial charge in [-0.05, 0) is 31.9 Å². The molecule has 0 radical (unpaired) electrons. The molecule has 88 valence electrons. The molecule has 1 N–H and O–H groups in total. The number of allylic oxidation sites excluding steroid dienone is 3. The molecule has 1 aliphatic carbocycles. The van der Waals surface area contributed by atoms with Crippen molar-refractivity contribution in [3.8, 4) is 0 Å². The lowest BCUT2D eigenvalue weighted by Gasteiger charge is -2.27. The average Bonchev–Trinajstić information content (AvgIpc) is 2.53. The van der Waals surface area contributed by atoms with Crippen LogP contribution in [-0.2, 0) is 10.2 Å². The third-order valence-electron chi connectivity index (χ3n) is 3.74. The Balaban J connectivity index is 2.69. The monoisotopic (exact) mass is 228 g/mol. The van der Waals surface area contributed by atoms with E-state index in [9.17, 15) is 9.90 Å². The number of carbonyl (C=O) groups is 1. The van der Waals surface area contributed by atoms with Gasteiger partial charge in [0, 0.05) is 11.0 Å². The summed E-state index contributed by atoms with van der Waals surface area (Å²) in [5.41, 5.74) is 1.90. The second-order valence-corrected chi connectivity index (χ2v) is 4.50. The van der Waals surface area contributed by atoms with Gasteiger partial charge in [0.25, 0.3) is 0 Å². The Bertz CT molecular complexity index is 523. The van der Waals surface area contributed by atoms with Crippen molar-refractivity contribution in [2.24, 2.45) is 0 Å². The average molecular weight is 228 g/mol. The first-order chi connectivity index (χ1) is 8.03. The minimum Gasteiger partial charge on any atom is -0.504 e. The van der Waals surface area contributed by atoms with Crippen LogP contribution in [0.3, 0.4) is 0 Å². The first-order valence-electron chi connectivity index (χ1n) is 5.70. The van der Waals surface area contributed by atoms with E-state index in [-0.39, 0.29) is 11.5 Å². The van der Waals surface area contributed by atoms with Crippen LogP contribution >= 0.6 is 0 Å². The molecule has 0 heterocycles. The highest BCUT2D eigenvalue weighted by Crippen LogP contribution is 2.45. The van der Waals surface area contributed by atoms with Crippen molar-refractivity contribution < 1.29 is 9.90 Å². The molecule has 2 rings (SSSR count). The zero-order valence-electron chi connectivity index (χ0n) is 10.3. The van der Waals surface area contributed by atoms with Crippen LogP contribution in [0.4, 0.5) is 0 Å². The normalized spacial score (nSPS) is 27.0. The third-order valence-corrected chi connectivity index (χ3v) is 3.74. The van der Waals surface area contributed by atoms with E-state index >= 15 is 0 Å². The van der Waals surface area contributed by atoms with Crippen molar-refractivity contribution in [1.82, 2.24) is 0 Å². The summed E-state index contributed by atoms with van der Waals surface area (Å²) in [5, 5.41) is 9.85. The van der Waals surface area contributed by atoms with Crippen LogP contribution in [0.15, 0.2) is 53.3 Å². The van der Waals surface area contributed by atoms with Crippen molar-refractivity contribution in [2.75, 3.05) is 0 Å². The van der Waals surface area contributed by atoms with E-state index in [1.807, 2.05) is 51.1 Å². The number of rotatable bonds is 1. The summed E-state index contributed by atoms with van der Waals surface area (Å²) >= 11 is 0. The van der Waals surface area contributed by atoms with Crippen molar-refractivity contribution >= 4 is 5.78 Å². The highest BCUT2D eigenvalue weighted by molar-refractivity contribution is 6.13. The van der Waals surface area contributed by atoms with Crippen LogP contribution in [0.1, 0.15) is 26.3 Å². The second kappa shape index (κ2) is 3.88. The van der Waals surface area contributed by atoms with E-state index in [4.69, 9.17) is 0 Å². The molecular formula is C15H16O2. The van der Waals surface area contributed by atoms with Gasteiger partial charge in [0.1, 0.15) is 0 Å². The molecule has 0 saturated carbocycles. The fraction of sp³-hybridized carbons (Fsp3) is 0.267. The Kier molecular flexibility index (Phi) is 2.66. The number of ketones is 1. The van der Waals surface area contributed by atoms with E-state index < -0.39 is 5.41 Å². The highest BCUT2D eigenvalue weighted by atomic mass is 16.3. The Labute approximate surface area is 101 Å². The maximum absolute atomic E-state index is 12.0. The molecule has 0 saturated heterocycles. The van der Waals surface area contributed by atoms with Gasteiger partial charge in [-0.1, -0.05) is 36.4 Å². The molecule has 1 atom stereocenters. The van der Waals surface area contributed by atoms with Crippen molar-refractivity contribution in [1.29, 1.82) is 0 Å². The minimum absolute atomic E-state index is 0.107. The molecule has 0 bridgehead atoms. The number of aliphatic hydroxyl groups is 1. The molecule has 2 heteroatoms. The molecule has 0 spiro atoms. The van der Waals surface area contributed by atoms with Crippen molar-refractivity contribution in [3.05, 3.63) is 58.9 Å². The molecule has 1 unspecified atom stereocenters. The summed E-state index contributed by atoms with van der Waals surface area (Å²) in [7, 11) is 0. The second-order valence-electron chi connectivity index (χ2n) is 4.50. The Morgan fingerprint density at radius 3 is 2.35 bits per heavy atom. The zero-order valence-corrected chi connectivity index (χ0v) is 10.3. The molecule has 0 fully saturated rings. The summed E-state index contributed by atoms with van der Waals surface area (Å²) in [6.07, 6.45) is 1.79. The third kappa shape index (κ3) is 1.44. The van der Waals surface area contributed by atoms with E-state index in [1.54, 1.807) is 6.08 Å². The summed E-state index contributed by atoms with van der Waals surface area (Å²) in [6.45, 7) is 5.63. The number of Topliss-reactive ketones (excluding diaryl/α,β-unsaturated/α-hetero) is 1. The lowest BCUT2D eigenvalue weighted by atomic mass is 9.74. The van der Waals surface area contributed by atoms with E-state index in [0.717, 1.165) is 11.1 Å². The highest BCUT2D eigenvalue weighted by Gasteiger charge is 2.45. The summed E-state index contributed by atoms with van der Waals surface area (Å²) in [4.78, 5) is 12.0. The van der Waals surface area contributed by atoms with Gasteiger partial charge >= 0.3 is 0 Å². The Hall–Kier alpha value is -1.83. The van der Waals surface area contributed by atoms with Gasteiger partial charge in [-0.25, -0.2) is 0 Å². The number of hydrogen-bond acceptors (Lipinski definition) is 2. The number of aliphatic hydroxyl groups excluding tert-OH is 1. The van der Waals surface area contributed by atoms with Gasteiger partial charge in [0.15, 0.2) is 5.76 Å². The topological polar surface area (TPSA) is 37.3 Å². The smallest absolute Gasteiger partial charge is 0.224 e.